The van der Waals surface area contributed by atoms with Crippen molar-refractivity contribution in [3.05, 3.63) is 60.5 Å². The molecule has 0 unspecified atom stereocenters. The number of rotatable bonds is 2. The van der Waals surface area contributed by atoms with Crippen LogP contribution in [0.4, 0.5) is 0 Å². The summed E-state index contributed by atoms with van der Waals surface area (Å²) in [6.07, 6.45) is 7.89. The molecule has 19 heavy (non-hydrogen) atoms. The highest BCUT2D eigenvalue weighted by molar-refractivity contribution is 7.15. The molecule has 92 valence electrons. The molecule has 5 heteroatoms. The number of aromatic nitrogens is 4. The van der Waals surface area contributed by atoms with Gasteiger partial charge in [0.15, 0.2) is 4.96 Å². The van der Waals surface area contributed by atoms with Crippen LogP contribution in [0.3, 0.4) is 0 Å². The van der Waals surface area contributed by atoms with Crippen molar-refractivity contribution in [1.82, 2.24) is 19.2 Å². The van der Waals surface area contributed by atoms with Gasteiger partial charge in [0.25, 0.3) is 0 Å². The van der Waals surface area contributed by atoms with Crippen LogP contribution < -0.4 is 0 Å². The van der Waals surface area contributed by atoms with Crippen molar-refractivity contribution in [2.75, 3.05) is 0 Å². The first-order valence-corrected chi connectivity index (χ1v) is 6.81. The Balaban J connectivity index is 1.77. The van der Waals surface area contributed by atoms with Gasteiger partial charge < -0.3 is 0 Å². The Morgan fingerprint density at radius 3 is 2.79 bits per heavy atom. The smallest absolute Gasteiger partial charge is 0.194 e. The Morgan fingerprint density at radius 1 is 1.05 bits per heavy atom. The Morgan fingerprint density at radius 2 is 1.95 bits per heavy atom. The number of fused-ring (bicyclic) bond motifs is 1. The highest BCUT2D eigenvalue weighted by atomic mass is 32.1. The normalized spacial score (nSPS) is 11.2. The summed E-state index contributed by atoms with van der Waals surface area (Å²) in [5.74, 6) is 0. The number of nitrogens with zero attached hydrogens (tertiary/aromatic N) is 4. The van der Waals surface area contributed by atoms with Gasteiger partial charge in [-0.05, 0) is 12.1 Å². The molecular weight excluding hydrogens is 256 g/mol. The van der Waals surface area contributed by atoms with E-state index in [1.807, 2.05) is 69.6 Å². The lowest BCUT2D eigenvalue weighted by Gasteiger charge is -1.98. The van der Waals surface area contributed by atoms with Gasteiger partial charge in [0.05, 0.1) is 17.6 Å². The molecule has 0 saturated heterocycles. The van der Waals surface area contributed by atoms with E-state index in [1.165, 1.54) is 0 Å². The fraction of sp³-hybridized carbons (Fsp3) is 0. The van der Waals surface area contributed by atoms with Crippen molar-refractivity contribution in [1.29, 1.82) is 0 Å². The molecule has 0 aliphatic rings. The minimum Gasteiger partial charge on any atom is -0.297 e. The first-order valence-electron chi connectivity index (χ1n) is 5.93. The van der Waals surface area contributed by atoms with Gasteiger partial charge in [0.2, 0.25) is 0 Å². The van der Waals surface area contributed by atoms with Crippen LogP contribution in [-0.2, 0) is 0 Å². The predicted octanol–water partition coefficient (Wildman–Crippen LogP) is 3.25. The number of hydrogen-bond donors (Lipinski definition) is 0. The average molecular weight is 266 g/mol. The Bertz CT molecular complexity index is 797. The van der Waals surface area contributed by atoms with Crippen LogP contribution in [0.5, 0.6) is 0 Å². The second-order valence-electron chi connectivity index (χ2n) is 4.23. The minimum absolute atomic E-state index is 0.953. The van der Waals surface area contributed by atoms with Crippen LogP contribution in [0.25, 0.3) is 21.9 Å². The van der Waals surface area contributed by atoms with E-state index in [0.29, 0.717) is 0 Å². The average Bonchev–Trinajstić information content (AvgIpc) is 3.14. The maximum absolute atomic E-state index is 4.58. The molecule has 0 radical (unpaired) electrons. The molecule has 4 aromatic rings. The van der Waals surface area contributed by atoms with E-state index < -0.39 is 0 Å². The lowest BCUT2D eigenvalue weighted by Crippen LogP contribution is -1.92. The van der Waals surface area contributed by atoms with Crippen molar-refractivity contribution in [2.45, 2.75) is 0 Å². The number of para-hydroxylation sites is 1. The van der Waals surface area contributed by atoms with Crippen molar-refractivity contribution < 1.29 is 0 Å². The van der Waals surface area contributed by atoms with Gasteiger partial charge in [-0.25, -0.2) is 9.67 Å². The number of benzene rings is 1. The van der Waals surface area contributed by atoms with Gasteiger partial charge in [-0.3, -0.25) is 4.40 Å². The Labute approximate surface area is 113 Å². The summed E-state index contributed by atoms with van der Waals surface area (Å²) in [7, 11) is 0. The quantitative estimate of drug-likeness (QED) is 0.558. The molecule has 0 bridgehead atoms. The zero-order valence-corrected chi connectivity index (χ0v) is 10.8. The molecule has 3 heterocycles. The Kier molecular flexibility index (Phi) is 2.25. The van der Waals surface area contributed by atoms with Crippen molar-refractivity contribution in [3.63, 3.8) is 0 Å². The zero-order chi connectivity index (χ0) is 12.7. The summed E-state index contributed by atoms with van der Waals surface area (Å²) in [4.78, 5) is 5.58. The number of imidazole rings is 1. The molecule has 0 atom stereocenters. The molecule has 4 nitrogen and oxygen atoms in total. The van der Waals surface area contributed by atoms with E-state index in [9.17, 15) is 0 Å². The molecule has 0 N–H and O–H groups in total. The van der Waals surface area contributed by atoms with Gasteiger partial charge >= 0.3 is 0 Å². The molecule has 3 aromatic heterocycles. The highest BCUT2D eigenvalue weighted by Gasteiger charge is 2.08. The largest absolute Gasteiger partial charge is 0.297 e. The summed E-state index contributed by atoms with van der Waals surface area (Å²) in [5, 5.41) is 6.42. The molecule has 4 rings (SSSR count). The van der Waals surface area contributed by atoms with E-state index in [4.69, 9.17) is 0 Å². The monoisotopic (exact) mass is 266 g/mol. The van der Waals surface area contributed by atoms with E-state index in [0.717, 1.165) is 21.9 Å². The second-order valence-corrected chi connectivity index (χ2v) is 5.10. The maximum Gasteiger partial charge on any atom is 0.194 e. The maximum atomic E-state index is 4.58. The summed E-state index contributed by atoms with van der Waals surface area (Å²) < 4.78 is 3.89. The second kappa shape index (κ2) is 4.07. The summed E-state index contributed by atoms with van der Waals surface area (Å²) in [6.45, 7) is 0. The fourth-order valence-corrected chi connectivity index (χ4v) is 2.74. The van der Waals surface area contributed by atoms with E-state index in [-0.39, 0.29) is 0 Å². The van der Waals surface area contributed by atoms with Gasteiger partial charge in [-0.2, -0.15) is 5.10 Å². The van der Waals surface area contributed by atoms with Crippen molar-refractivity contribution in [3.8, 4) is 16.9 Å². The van der Waals surface area contributed by atoms with Gasteiger partial charge in [0.1, 0.15) is 0 Å². The third-order valence-corrected chi connectivity index (χ3v) is 3.76. The first kappa shape index (κ1) is 10.5. The zero-order valence-electron chi connectivity index (χ0n) is 9.97. The number of hydrogen-bond acceptors (Lipinski definition) is 3. The van der Waals surface area contributed by atoms with Crippen LogP contribution >= 0.6 is 11.3 Å². The lowest BCUT2D eigenvalue weighted by molar-refractivity contribution is 0.881. The molecule has 0 fully saturated rings. The molecular formula is C14H10N4S. The summed E-state index contributed by atoms with van der Waals surface area (Å²) >= 11 is 1.63. The lowest BCUT2D eigenvalue weighted by atomic mass is 10.3. The Hall–Kier alpha value is -2.40. The van der Waals surface area contributed by atoms with Crippen molar-refractivity contribution in [2.24, 2.45) is 0 Å². The van der Waals surface area contributed by atoms with Crippen LogP contribution in [0, 0.1) is 0 Å². The van der Waals surface area contributed by atoms with Crippen LogP contribution in [0.2, 0.25) is 0 Å². The third kappa shape index (κ3) is 1.75. The fourth-order valence-electron chi connectivity index (χ4n) is 2.04. The standard InChI is InChI=1S/C14H10N4S/c1-2-4-12(5-3-1)18-9-11(8-15-18)13-10-17-6-7-19-14(17)16-13/h1-10H. The SMILES string of the molecule is c1ccc(-n2cc(-c3cn4ccsc4n3)cn2)cc1. The van der Waals surface area contributed by atoms with Crippen LogP contribution in [0.1, 0.15) is 0 Å². The summed E-state index contributed by atoms with van der Waals surface area (Å²) in [5.41, 5.74) is 3.03. The van der Waals surface area contributed by atoms with E-state index in [1.54, 1.807) is 11.3 Å². The third-order valence-electron chi connectivity index (χ3n) is 2.99. The molecule has 1 aromatic carbocycles. The van der Waals surface area contributed by atoms with Crippen LogP contribution in [-0.4, -0.2) is 19.2 Å². The van der Waals surface area contributed by atoms with Gasteiger partial charge in [-0.15, -0.1) is 11.3 Å². The number of thiazole rings is 1. The van der Waals surface area contributed by atoms with Crippen LogP contribution in [0.15, 0.2) is 60.5 Å². The topological polar surface area (TPSA) is 35.1 Å². The molecule has 0 amide bonds. The van der Waals surface area contributed by atoms with Gasteiger partial charge in [-0.1, -0.05) is 18.2 Å². The molecule has 0 aliphatic heterocycles. The van der Waals surface area contributed by atoms with E-state index in [2.05, 4.69) is 10.1 Å². The molecule has 0 spiro atoms. The molecule has 0 aliphatic carbocycles. The first-order chi connectivity index (χ1) is 9.40. The summed E-state index contributed by atoms with van der Waals surface area (Å²) in [6, 6.07) is 10.1. The van der Waals surface area contributed by atoms with Gasteiger partial charge in [0, 0.05) is 29.5 Å². The minimum atomic E-state index is 0.953. The van der Waals surface area contributed by atoms with Crippen molar-refractivity contribution >= 4 is 16.3 Å². The molecule has 0 saturated carbocycles. The predicted molar refractivity (Wildman–Crippen MR) is 75.6 cm³/mol. The van der Waals surface area contributed by atoms with E-state index >= 15 is 0 Å². The highest BCUT2D eigenvalue weighted by Crippen LogP contribution is 2.21.